The van der Waals surface area contributed by atoms with Crippen LogP contribution >= 0.6 is 22.6 Å². The van der Waals surface area contributed by atoms with Crippen LogP contribution in [0.4, 0.5) is 24.5 Å². The molecule has 158 valence electrons. The Kier molecular flexibility index (Phi) is 7.41. The van der Waals surface area contributed by atoms with Crippen molar-refractivity contribution in [3.05, 3.63) is 92.3 Å². The third-order valence-corrected chi connectivity index (χ3v) is 4.91. The summed E-state index contributed by atoms with van der Waals surface area (Å²) in [4.78, 5) is 17.3. The van der Waals surface area contributed by atoms with Crippen molar-refractivity contribution < 1.29 is 22.8 Å². The van der Waals surface area contributed by atoms with Gasteiger partial charge in [0.05, 0.1) is 11.3 Å². The molecule has 8 heteroatoms. The summed E-state index contributed by atoms with van der Waals surface area (Å²) < 4.78 is 42.4. The quantitative estimate of drug-likeness (QED) is 0.253. The lowest BCUT2D eigenvalue weighted by Crippen LogP contribution is -2.23. The van der Waals surface area contributed by atoms with Crippen LogP contribution in [0.15, 0.2) is 54.6 Å². The Labute approximate surface area is 190 Å². The first-order chi connectivity index (χ1) is 14.8. The van der Waals surface area contributed by atoms with Gasteiger partial charge in [0.2, 0.25) is 0 Å². The van der Waals surface area contributed by atoms with Crippen LogP contribution in [-0.4, -0.2) is 5.91 Å². The minimum atomic E-state index is -1.19. The van der Waals surface area contributed by atoms with Gasteiger partial charge in [-0.25, -0.2) is 13.2 Å². The Balaban J connectivity index is 1.72. The monoisotopic (exact) mass is 536 g/mol. The average Bonchev–Trinajstić information content (AvgIpc) is 2.73. The molecule has 0 saturated heterocycles. The molecule has 0 bridgehead atoms. The zero-order valence-corrected chi connectivity index (χ0v) is 18.4. The van der Waals surface area contributed by atoms with Crippen LogP contribution in [0.2, 0.25) is 0 Å². The van der Waals surface area contributed by atoms with E-state index < -0.39 is 17.5 Å². The summed E-state index contributed by atoms with van der Waals surface area (Å²) >= 11 is 2.14. The predicted molar refractivity (Wildman–Crippen MR) is 120 cm³/mol. The van der Waals surface area contributed by atoms with Crippen molar-refractivity contribution in [1.29, 1.82) is 0 Å². The number of anilines is 2. The number of hydrogen-bond acceptors (Lipinski definition) is 3. The number of amides is 1. The van der Waals surface area contributed by atoms with E-state index in [0.29, 0.717) is 11.3 Å². The summed E-state index contributed by atoms with van der Waals surface area (Å²) in [6.07, 6.45) is 2.48. The van der Waals surface area contributed by atoms with Crippen LogP contribution in [0.25, 0.3) is 0 Å². The van der Waals surface area contributed by atoms with Crippen molar-refractivity contribution >= 4 is 39.9 Å². The minimum Gasteiger partial charge on any atom is -0.352 e. The Morgan fingerprint density at radius 1 is 1.10 bits per heavy atom. The second-order valence-electron chi connectivity index (χ2n) is 6.49. The number of nitrogens with one attached hydrogen (secondary N) is 2. The molecule has 3 aromatic carbocycles. The van der Waals surface area contributed by atoms with Gasteiger partial charge >= 0.3 is 0 Å². The lowest BCUT2D eigenvalue weighted by Gasteiger charge is -2.15. The summed E-state index contributed by atoms with van der Waals surface area (Å²) in [5.41, 5.74) is 3.55. The van der Waals surface area contributed by atoms with Crippen molar-refractivity contribution in [3.63, 3.8) is 0 Å². The highest BCUT2D eigenvalue weighted by atomic mass is 127. The number of rotatable bonds is 5. The van der Waals surface area contributed by atoms with E-state index in [4.69, 9.17) is 4.84 Å². The summed E-state index contributed by atoms with van der Waals surface area (Å²) in [5.74, 6) is -0.866. The molecule has 0 spiro atoms. The molecule has 0 atom stereocenters. The highest BCUT2D eigenvalue weighted by Crippen LogP contribution is 2.28. The predicted octanol–water partition coefficient (Wildman–Crippen LogP) is 5.63. The maximum absolute atomic E-state index is 14.5. The average molecular weight is 536 g/mol. The summed E-state index contributed by atoms with van der Waals surface area (Å²) in [6, 6.07) is 13.3. The van der Waals surface area contributed by atoms with Crippen molar-refractivity contribution in [1.82, 2.24) is 5.48 Å². The molecule has 0 aromatic heterocycles. The SMILES string of the molecule is Cc1cc(I)ccc1Nc1c(C(=O)NOC#CCc2cccc(F)c2)ccc(F)c1F. The van der Waals surface area contributed by atoms with Crippen LogP contribution in [0.1, 0.15) is 21.5 Å². The van der Waals surface area contributed by atoms with Crippen molar-refractivity contribution in [3.8, 4) is 12.0 Å². The number of carbonyl (C=O) groups excluding carboxylic acids is 1. The van der Waals surface area contributed by atoms with E-state index in [1.54, 1.807) is 31.2 Å². The van der Waals surface area contributed by atoms with E-state index in [-0.39, 0.29) is 23.5 Å². The van der Waals surface area contributed by atoms with E-state index in [1.165, 1.54) is 12.1 Å². The second-order valence-corrected chi connectivity index (χ2v) is 7.73. The zero-order chi connectivity index (χ0) is 22.4. The molecule has 4 nitrogen and oxygen atoms in total. The zero-order valence-electron chi connectivity index (χ0n) is 16.2. The first-order valence-corrected chi connectivity index (χ1v) is 10.1. The third kappa shape index (κ3) is 5.92. The molecule has 3 aromatic rings. The van der Waals surface area contributed by atoms with E-state index >= 15 is 0 Å². The Hall–Kier alpha value is -3.19. The van der Waals surface area contributed by atoms with Crippen LogP contribution in [0.5, 0.6) is 0 Å². The Morgan fingerprint density at radius 3 is 2.65 bits per heavy atom. The van der Waals surface area contributed by atoms with Gasteiger partial charge in [0.15, 0.2) is 11.6 Å². The summed E-state index contributed by atoms with van der Waals surface area (Å²) in [5, 5.41) is 2.78. The summed E-state index contributed by atoms with van der Waals surface area (Å²) in [7, 11) is 0. The standard InChI is InChI=1S/C23H16F3IN2O2/c1-14-12-17(27)7-10-20(14)28-22-18(8-9-19(25)21(22)26)23(30)29-31-11-3-5-15-4-2-6-16(24)13-15/h2,4,6-10,12-13,28H,5H2,1H3,(H,29,30). The smallest absolute Gasteiger partial charge is 0.286 e. The van der Waals surface area contributed by atoms with Gasteiger partial charge in [-0.1, -0.05) is 18.1 Å². The molecule has 0 unspecified atom stereocenters. The van der Waals surface area contributed by atoms with Crippen molar-refractivity contribution in [2.75, 3.05) is 5.32 Å². The maximum Gasteiger partial charge on any atom is 0.286 e. The molecule has 0 radical (unpaired) electrons. The van der Waals surface area contributed by atoms with Crippen molar-refractivity contribution in [2.45, 2.75) is 13.3 Å². The molecule has 3 rings (SSSR count). The molecule has 0 aliphatic rings. The molecular weight excluding hydrogens is 520 g/mol. The van der Waals surface area contributed by atoms with E-state index in [9.17, 15) is 18.0 Å². The molecule has 2 N–H and O–H groups in total. The third-order valence-electron chi connectivity index (χ3n) is 4.24. The van der Waals surface area contributed by atoms with Crippen LogP contribution in [-0.2, 0) is 11.3 Å². The number of halogens is 4. The molecule has 0 heterocycles. The van der Waals surface area contributed by atoms with Gasteiger partial charge in [-0.05, 0) is 83.1 Å². The van der Waals surface area contributed by atoms with Crippen LogP contribution < -0.4 is 10.8 Å². The van der Waals surface area contributed by atoms with Gasteiger partial charge in [-0.2, -0.15) is 5.48 Å². The lowest BCUT2D eigenvalue weighted by molar-refractivity contribution is 0.0700. The van der Waals surface area contributed by atoms with Gasteiger partial charge in [-0.15, -0.1) is 0 Å². The maximum atomic E-state index is 14.5. The molecule has 0 fully saturated rings. The fourth-order valence-corrected chi connectivity index (χ4v) is 3.36. The van der Waals surface area contributed by atoms with Gasteiger partial charge < -0.3 is 10.2 Å². The van der Waals surface area contributed by atoms with Gasteiger partial charge in [0.25, 0.3) is 5.91 Å². The number of benzene rings is 3. The lowest BCUT2D eigenvalue weighted by atomic mass is 10.1. The molecule has 0 saturated carbocycles. The molecular formula is C23H16F3IN2O2. The van der Waals surface area contributed by atoms with Gasteiger partial charge in [0, 0.05) is 15.7 Å². The fourth-order valence-electron chi connectivity index (χ4n) is 2.71. The first-order valence-electron chi connectivity index (χ1n) is 9.05. The highest BCUT2D eigenvalue weighted by Gasteiger charge is 2.20. The fraction of sp³-hybridized carbons (Fsp3) is 0.0870. The first kappa shape index (κ1) is 22.5. The van der Waals surface area contributed by atoms with E-state index in [0.717, 1.165) is 21.3 Å². The van der Waals surface area contributed by atoms with E-state index in [2.05, 4.69) is 45.4 Å². The molecule has 0 aliphatic carbocycles. The minimum absolute atomic E-state index is 0.163. The van der Waals surface area contributed by atoms with Gasteiger partial charge in [-0.3, -0.25) is 4.79 Å². The number of hydrogen-bond donors (Lipinski definition) is 2. The molecule has 0 aliphatic heterocycles. The number of hydroxylamine groups is 1. The summed E-state index contributed by atoms with van der Waals surface area (Å²) in [6.45, 7) is 1.80. The number of carbonyl (C=O) groups is 1. The topological polar surface area (TPSA) is 50.4 Å². The van der Waals surface area contributed by atoms with Crippen LogP contribution in [0, 0.1) is 40.0 Å². The molecule has 31 heavy (non-hydrogen) atoms. The van der Waals surface area contributed by atoms with Gasteiger partial charge in [0.1, 0.15) is 11.9 Å². The number of aryl methyl sites for hydroxylation is 1. The van der Waals surface area contributed by atoms with E-state index in [1.807, 2.05) is 6.07 Å². The van der Waals surface area contributed by atoms with Crippen LogP contribution in [0.3, 0.4) is 0 Å². The highest BCUT2D eigenvalue weighted by molar-refractivity contribution is 14.1. The Bertz CT molecular complexity index is 1190. The normalized spacial score (nSPS) is 10.1. The second kappa shape index (κ2) is 10.2. The largest absolute Gasteiger partial charge is 0.352 e. The molecule has 1 amide bonds. The van der Waals surface area contributed by atoms with Crippen molar-refractivity contribution in [2.24, 2.45) is 0 Å². The Morgan fingerprint density at radius 2 is 1.90 bits per heavy atom.